The van der Waals surface area contributed by atoms with E-state index in [0.717, 1.165) is 17.5 Å². The van der Waals surface area contributed by atoms with Crippen LogP contribution in [0.3, 0.4) is 0 Å². The summed E-state index contributed by atoms with van der Waals surface area (Å²) in [7, 11) is 0. The maximum absolute atomic E-state index is 12.7. The van der Waals surface area contributed by atoms with Crippen LogP contribution >= 0.6 is 0 Å². The number of alkyl halides is 2. The first-order valence-electron chi connectivity index (χ1n) is 6.94. The molecular formula is C15H20F2N2O. The van der Waals surface area contributed by atoms with E-state index in [4.69, 9.17) is 0 Å². The minimum Gasteiger partial charge on any atom is -0.316 e. The Morgan fingerprint density at radius 3 is 2.75 bits per heavy atom. The molecule has 1 amide bonds. The summed E-state index contributed by atoms with van der Waals surface area (Å²) >= 11 is 0. The summed E-state index contributed by atoms with van der Waals surface area (Å²) in [5, 5.41) is 3.18. The van der Waals surface area contributed by atoms with E-state index >= 15 is 0 Å². The van der Waals surface area contributed by atoms with Crippen LogP contribution in [0.15, 0.2) is 24.3 Å². The van der Waals surface area contributed by atoms with Crippen LogP contribution in [0.1, 0.15) is 37.1 Å². The molecule has 0 radical (unpaired) electrons. The van der Waals surface area contributed by atoms with Gasteiger partial charge in [-0.3, -0.25) is 10.1 Å². The van der Waals surface area contributed by atoms with Gasteiger partial charge in [-0.2, -0.15) is 0 Å². The number of carbonyl (C=O) groups excluding carboxylic acids is 1. The van der Waals surface area contributed by atoms with Crippen molar-refractivity contribution < 1.29 is 13.6 Å². The molecule has 110 valence electrons. The highest BCUT2D eigenvalue weighted by Crippen LogP contribution is 2.28. The van der Waals surface area contributed by atoms with Crippen molar-refractivity contribution in [1.29, 1.82) is 0 Å². The van der Waals surface area contributed by atoms with Gasteiger partial charge >= 0.3 is 0 Å². The number of nitrogens with one attached hydrogen (secondary N) is 1. The predicted molar refractivity (Wildman–Crippen MR) is 73.5 cm³/mol. The molecule has 0 spiro atoms. The number of rotatable bonds is 5. The molecule has 0 aliphatic carbocycles. The number of nitrogens with zero attached hydrogens (tertiary/aromatic N) is 1. The third-order valence-corrected chi connectivity index (χ3v) is 3.52. The maximum Gasteiger partial charge on any atom is 0.255 e. The van der Waals surface area contributed by atoms with Gasteiger partial charge in [-0.25, -0.2) is 8.78 Å². The Morgan fingerprint density at radius 2 is 2.15 bits per heavy atom. The lowest BCUT2D eigenvalue weighted by Gasteiger charge is -2.24. The Bertz CT molecular complexity index is 479. The van der Waals surface area contributed by atoms with Gasteiger partial charge in [0.1, 0.15) is 6.17 Å². The molecule has 1 aliphatic heterocycles. The quantitative estimate of drug-likeness (QED) is 0.900. The molecular weight excluding hydrogens is 262 g/mol. The lowest BCUT2D eigenvalue weighted by molar-refractivity contribution is -0.132. The van der Waals surface area contributed by atoms with Crippen LogP contribution in [-0.4, -0.2) is 29.8 Å². The molecule has 1 heterocycles. The Labute approximate surface area is 118 Å². The molecule has 1 N–H and O–H groups in total. The van der Waals surface area contributed by atoms with Gasteiger partial charge in [0.05, 0.1) is 12.6 Å². The lowest BCUT2D eigenvalue weighted by Crippen LogP contribution is -2.35. The van der Waals surface area contributed by atoms with Gasteiger partial charge in [-0.15, -0.1) is 0 Å². The van der Waals surface area contributed by atoms with Gasteiger partial charge in [0, 0.05) is 0 Å². The van der Waals surface area contributed by atoms with Crippen LogP contribution in [0.2, 0.25) is 0 Å². The molecule has 2 rings (SSSR count). The Kier molecular flexibility index (Phi) is 4.70. The SMILES string of the molecule is CCCC1NC(c2cccc(C)c2)N(CC(F)F)C1=O. The normalized spacial score (nSPS) is 22.9. The van der Waals surface area contributed by atoms with Gasteiger partial charge in [0.2, 0.25) is 5.91 Å². The molecule has 1 fully saturated rings. The van der Waals surface area contributed by atoms with E-state index < -0.39 is 19.1 Å². The zero-order valence-corrected chi connectivity index (χ0v) is 11.8. The highest BCUT2D eigenvalue weighted by molar-refractivity contribution is 5.84. The fourth-order valence-electron chi connectivity index (χ4n) is 2.64. The first kappa shape index (κ1) is 14.9. The maximum atomic E-state index is 12.7. The fraction of sp³-hybridized carbons (Fsp3) is 0.533. The molecule has 1 aromatic carbocycles. The number of carbonyl (C=O) groups is 1. The standard InChI is InChI=1S/C15H20F2N2O/c1-3-5-12-15(20)19(9-13(16)17)14(18-12)11-7-4-6-10(2)8-11/h4,6-8,12-14,18H,3,5,9H2,1-2H3. The molecule has 1 saturated heterocycles. The minimum atomic E-state index is -2.52. The number of hydrogen-bond acceptors (Lipinski definition) is 2. The number of aryl methyl sites for hydroxylation is 1. The van der Waals surface area contributed by atoms with Gasteiger partial charge in [-0.1, -0.05) is 43.2 Å². The first-order chi connectivity index (χ1) is 9.52. The van der Waals surface area contributed by atoms with Crippen molar-refractivity contribution in [1.82, 2.24) is 10.2 Å². The summed E-state index contributed by atoms with van der Waals surface area (Å²) in [6.45, 7) is 3.40. The van der Waals surface area contributed by atoms with Crippen molar-refractivity contribution in [2.24, 2.45) is 0 Å². The van der Waals surface area contributed by atoms with Crippen LogP contribution in [0, 0.1) is 6.92 Å². The number of benzene rings is 1. The topological polar surface area (TPSA) is 32.3 Å². The highest BCUT2D eigenvalue weighted by atomic mass is 19.3. The monoisotopic (exact) mass is 282 g/mol. The second-order valence-corrected chi connectivity index (χ2v) is 5.21. The van der Waals surface area contributed by atoms with Crippen molar-refractivity contribution in [2.75, 3.05) is 6.54 Å². The van der Waals surface area contributed by atoms with Crippen LogP contribution in [0.25, 0.3) is 0 Å². The number of amides is 1. The van der Waals surface area contributed by atoms with Crippen LogP contribution in [0.4, 0.5) is 8.78 Å². The average Bonchev–Trinajstić information content (AvgIpc) is 2.68. The van der Waals surface area contributed by atoms with E-state index in [-0.39, 0.29) is 11.9 Å². The van der Waals surface area contributed by atoms with Crippen molar-refractivity contribution in [2.45, 2.75) is 45.3 Å². The van der Waals surface area contributed by atoms with E-state index in [1.165, 1.54) is 4.90 Å². The third kappa shape index (κ3) is 3.15. The largest absolute Gasteiger partial charge is 0.316 e. The van der Waals surface area contributed by atoms with Crippen LogP contribution < -0.4 is 5.32 Å². The Hall–Kier alpha value is -1.49. The third-order valence-electron chi connectivity index (χ3n) is 3.52. The molecule has 0 saturated carbocycles. The molecule has 0 bridgehead atoms. The number of halogens is 2. The lowest BCUT2D eigenvalue weighted by atomic mass is 10.1. The smallest absolute Gasteiger partial charge is 0.255 e. The summed E-state index contributed by atoms with van der Waals surface area (Å²) in [6, 6.07) is 7.26. The second kappa shape index (κ2) is 6.31. The molecule has 0 aromatic heterocycles. The fourth-order valence-corrected chi connectivity index (χ4v) is 2.64. The molecule has 2 unspecified atom stereocenters. The Balaban J connectivity index is 2.26. The van der Waals surface area contributed by atoms with Gasteiger partial charge in [0.15, 0.2) is 0 Å². The summed E-state index contributed by atoms with van der Waals surface area (Å²) in [5.41, 5.74) is 1.91. The summed E-state index contributed by atoms with van der Waals surface area (Å²) in [6.07, 6.45) is -1.46. The Morgan fingerprint density at radius 1 is 1.40 bits per heavy atom. The van der Waals surface area contributed by atoms with Gasteiger partial charge in [0.25, 0.3) is 6.43 Å². The highest BCUT2D eigenvalue weighted by Gasteiger charge is 2.40. The minimum absolute atomic E-state index is 0.223. The summed E-state index contributed by atoms with van der Waals surface area (Å²) in [5.74, 6) is -0.223. The van der Waals surface area contributed by atoms with E-state index in [1.807, 2.05) is 38.1 Å². The van der Waals surface area contributed by atoms with Crippen molar-refractivity contribution in [3.05, 3.63) is 35.4 Å². The van der Waals surface area contributed by atoms with E-state index in [2.05, 4.69) is 5.32 Å². The molecule has 20 heavy (non-hydrogen) atoms. The van der Waals surface area contributed by atoms with Gasteiger partial charge < -0.3 is 4.90 Å². The molecule has 5 heteroatoms. The van der Waals surface area contributed by atoms with Crippen LogP contribution in [-0.2, 0) is 4.79 Å². The average molecular weight is 282 g/mol. The van der Waals surface area contributed by atoms with E-state index in [0.29, 0.717) is 6.42 Å². The van der Waals surface area contributed by atoms with Crippen molar-refractivity contribution in [3.8, 4) is 0 Å². The summed E-state index contributed by atoms with van der Waals surface area (Å²) < 4.78 is 25.4. The zero-order chi connectivity index (χ0) is 14.7. The molecule has 1 aromatic rings. The molecule has 3 nitrogen and oxygen atoms in total. The van der Waals surface area contributed by atoms with E-state index in [9.17, 15) is 13.6 Å². The number of hydrogen-bond donors (Lipinski definition) is 1. The summed E-state index contributed by atoms with van der Waals surface area (Å²) in [4.78, 5) is 13.5. The van der Waals surface area contributed by atoms with E-state index in [1.54, 1.807) is 0 Å². The van der Waals surface area contributed by atoms with Crippen molar-refractivity contribution in [3.63, 3.8) is 0 Å². The van der Waals surface area contributed by atoms with Crippen LogP contribution in [0.5, 0.6) is 0 Å². The molecule has 1 aliphatic rings. The molecule has 2 atom stereocenters. The predicted octanol–water partition coefficient (Wildman–Crippen LogP) is 2.86. The second-order valence-electron chi connectivity index (χ2n) is 5.21. The first-order valence-corrected chi connectivity index (χ1v) is 6.94. The van der Waals surface area contributed by atoms with Crippen molar-refractivity contribution >= 4 is 5.91 Å². The van der Waals surface area contributed by atoms with Gasteiger partial charge in [-0.05, 0) is 18.9 Å². The zero-order valence-electron chi connectivity index (χ0n) is 11.8.